The van der Waals surface area contributed by atoms with Crippen LogP contribution in [0.1, 0.15) is 43.0 Å². The van der Waals surface area contributed by atoms with E-state index in [1.54, 1.807) is 24.3 Å². The van der Waals surface area contributed by atoms with Gasteiger partial charge in [-0.1, -0.05) is 0 Å². The van der Waals surface area contributed by atoms with Gasteiger partial charge in [0.15, 0.2) is 0 Å². The molecular formula is C14H18N4O2. The topological polar surface area (TPSA) is 79.9 Å². The first-order valence-electron chi connectivity index (χ1n) is 6.49. The van der Waals surface area contributed by atoms with Gasteiger partial charge in [-0.05, 0) is 45.0 Å². The van der Waals surface area contributed by atoms with Crippen LogP contribution in [0.5, 0.6) is 5.75 Å². The Labute approximate surface area is 117 Å². The average Bonchev–Trinajstić information content (AvgIpc) is 2.92. The maximum absolute atomic E-state index is 12.1. The standard InChI is InChI=1S/C14H18N4O2/c1-9(2)20-12-6-4-11(5-7-12)14(19)17-10(3)13-15-8-16-18-13/h4-10H,1-3H3,(H,17,19)(H,15,16,18). The van der Waals surface area contributed by atoms with Crippen LogP contribution in [-0.4, -0.2) is 27.2 Å². The minimum Gasteiger partial charge on any atom is -0.491 e. The predicted molar refractivity (Wildman–Crippen MR) is 74.5 cm³/mol. The Morgan fingerprint density at radius 3 is 2.50 bits per heavy atom. The summed E-state index contributed by atoms with van der Waals surface area (Å²) < 4.78 is 5.53. The highest BCUT2D eigenvalue weighted by molar-refractivity contribution is 5.94. The van der Waals surface area contributed by atoms with E-state index in [0.717, 1.165) is 5.75 Å². The first-order chi connectivity index (χ1) is 9.56. The molecule has 20 heavy (non-hydrogen) atoms. The minimum atomic E-state index is -0.225. The predicted octanol–water partition coefficient (Wildman–Crippen LogP) is 2.08. The van der Waals surface area contributed by atoms with Crippen molar-refractivity contribution in [1.82, 2.24) is 20.5 Å². The summed E-state index contributed by atoms with van der Waals surface area (Å²) in [6, 6.07) is 6.82. The van der Waals surface area contributed by atoms with Crippen LogP contribution in [0.15, 0.2) is 30.6 Å². The molecule has 0 saturated carbocycles. The summed E-state index contributed by atoms with van der Waals surface area (Å²) in [5.74, 6) is 1.21. The number of H-pyrrole nitrogens is 1. The number of carbonyl (C=O) groups excluding carboxylic acids is 1. The average molecular weight is 274 g/mol. The third-order valence-corrected chi connectivity index (χ3v) is 2.68. The van der Waals surface area contributed by atoms with Crippen molar-refractivity contribution >= 4 is 5.91 Å². The van der Waals surface area contributed by atoms with Gasteiger partial charge in [-0.3, -0.25) is 9.89 Å². The van der Waals surface area contributed by atoms with Gasteiger partial charge in [0, 0.05) is 5.56 Å². The van der Waals surface area contributed by atoms with Crippen molar-refractivity contribution in [2.45, 2.75) is 32.9 Å². The number of nitrogens with zero attached hydrogens (tertiary/aromatic N) is 2. The van der Waals surface area contributed by atoms with E-state index in [1.807, 2.05) is 20.8 Å². The zero-order valence-electron chi connectivity index (χ0n) is 11.8. The van der Waals surface area contributed by atoms with Crippen molar-refractivity contribution in [2.24, 2.45) is 0 Å². The number of hydrogen-bond acceptors (Lipinski definition) is 4. The highest BCUT2D eigenvalue weighted by atomic mass is 16.5. The number of rotatable bonds is 5. The van der Waals surface area contributed by atoms with Crippen LogP contribution in [0.2, 0.25) is 0 Å². The fourth-order valence-corrected chi connectivity index (χ4v) is 1.73. The first kappa shape index (κ1) is 14.0. The third kappa shape index (κ3) is 3.57. The molecule has 6 heteroatoms. The van der Waals surface area contributed by atoms with Crippen LogP contribution in [0.3, 0.4) is 0 Å². The molecule has 1 unspecified atom stereocenters. The molecule has 0 aliphatic heterocycles. The lowest BCUT2D eigenvalue weighted by Gasteiger charge is -2.12. The van der Waals surface area contributed by atoms with Gasteiger partial charge in [-0.2, -0.15) is 5.10 Å². The minimum absolute atomic E-state index is 0.112. The van der Waals surface area contributed by atoms with E-state index in [-0.39, 0.29) is 18.1 Å². The van der Waals surface area contributed by atoms with Crippen LogP contribution in [0.4, 0.5) is 0 Å². The van der Waals surface area contributed by atoms with Crippen LogP contribution in [0.25, 0.3) is 0 Å². The molecule has 0 fully saturated rings. The lowest BCUT2D eigenvalue weighted by molar-refractivity contribution is 0.0938. The number of benzene rings is 1. The van der Waals surface area contributed by atoms with E-state index in [9.17, 15) is 4.79 Å². The molecule has 0 radical (unpaired) electrons. The molecule has 0 bridgehead atoms. The molecule has 0 saturated heterocycles. The molecule has 1 atom stereocenters. The van der Waals surface area contributed by atoms with Crippen LogP contribution < -0.4 is 10.1 Å². The molecule has 0 spiro atoms. The molecule has 1 aromatic carbocycles. The maximum atomic E-state index is 12.1. The molecular weight excluding hydrogens is 256 g/mol. The van der Waals surface area contributed by atoms with E-state index in [4.69, 9.17) is 4.74 Å². The van der Waals surface area contributed by atoms with Crippen molar-refractivity contribution < 1.29 is 9.53 Å². The summed E-state index contributed by atoms with van der Waals surface area (Å²) in [4.78, 5) is 16.1. The zero-order valence-corrected chi connectivity index (χ0v) is 11.8. The summed E-state index contributed by atoms with van der Waals surface area (Å²) in [6.45, 7) is 5.76. The second kappa shape index (κ2) is 6.18. The fraction of sp³-hybridized carbons (Fsp3) is 0.357. The highest BCUT2D eigenvalue weighted by Crippen LogP contribution is 2.14. The Bertz CT molecular complexity index is 549. The molecule has 2 rings (SSSR count). The summed E-state index contributed by atoms with van der Waals surface area (Å²) in [7, 11) is 0. The Balaban J connectivity index is 1.99. The Morgan fingerprint density at radius 2 is 1.95 bits per heavy atom. The van der Waals surface area contributed by atoms with Gasteiger partial charge in [-0.25, -0.2) is 4.98 Å². The second-order valence-corrected chi connectivity index (χ2v) is 4.76. The van der Waals surface area contributed by atoms with E-state index in [1.165, 1.54) is 6.33 Å². The third-order valence-electron chi connectivity index (χ3n) is 2.68. The molecule has 2 N–H and O–H groups in total. The number of aromatic amines is 1. The van der Waals surface area contributed by atoms with Gasteiger partial charge < -0.3 is 10.1 Å². The SMILES string of the molecule is CC(C)Oc1ccc(C(=O)NC(C)c2ncn[nH]2)cc1. The van der Waals surface area contributed by atoms with E-state index >= 15 is 0 Å². The van der Waals surface area contributed by atoms with Crippen LogP contribution in [-0.2, 0) is 0 Å². The number of aromatic nitrogens is 3. The zero-order chi connectivity index (χ0) is 14.5. The monoisotopic (exact) mass is 274 g/mol. The number of ether oxygens (including phenoxy) is 1. The van der Waals surface area contributed by atoms with Gasteiger partial charge in [0.25, 0.3) is 5.91 Å². The Kier molecular flexibility index (Phi) is 4.34. The van der Waals surface area contributed by atoms with Crippen LogP contribution >= 0.6 is 0 Å². The van der Waals surface area contributed by atoms with Crippen molar-refractivity contribution in [1.29, 1.82) is 0 Å². The highest BCUT2D eigenvalue weighted by Gasteiger charge is 2.13. The molecule has 1 heterocycles. The van der Waals surface area contributed by atoms with Crippen molar-refractivity contribution in [2.75, 3.05) is 0 Å². The molecule has 1 amide bonds. The molecule has 106 valence electrons. The van der Waals surface area contributed by atoms with Gasteiger partial charge in [-0.15, -0.1) is 0 Å². The molecule has 0 aliphatic rings. The molecule has 1 aromatic heterocycles. The fourth-order valence-electron chi connectivity index (χ4n) is 1.73. The van der Waals surface area contributed by atoms with E-state index < -0.39 is 0 Å². The maximum Gasteiger partial charge on any atom is 0.251 e. The number of amides is 1. The van der Waals surface area contributed by atoms with Crippen molar-refractivity contribution in [3.05, 3.63) is 42.0 Å². The normalized spacial score (nSPS) is 12.2. The van der Waals surface area contributed by atoms with Gasteiger partial charge in [0.1, 0.15) is 17.9 Å². The molecule has 6 nitrogen and oxygen atoms in total. The Hall–Kier alpha value is -2.37. The van der Waals surface area contributed by atoms with Crippen molar-refractivity contribution in [3.63, 3.8) is 0 Å². The molecule has 0 aliphatic carbocycles. The lowest BCUT2D eigenvalue weighted by atomic mass is 10.2. The quantitative estimate of drug-likeness (QED) is 0.874. The van der Waals surface area contributed by atoms with Gasteiger partial charge >= 0.3 is 0 Å². The summed E-state index contributed by atoms with van der Waals surface area (Å²) in [5, 5.41) is 9.33. The number of nitrogens with one attached hydrogen (secondary N) is 2. The number of carbonyl (C=O) groups is 1. The molecule has 2 aromatic rings. The largest absolute Gasteiger partial charge is 0.491 e. The van der Waals surface area contributed by atoms with Gasteiger partial charge in [0.2, 0.25) is 0 Å². The lowest BCUT2D eigenvalue weighted by Crippen LogP contribution is -2.27. The van der Waals surface area contributed by atoms with Gasteiger partial charge in [0.05, 0.1) is 12.1 Å². The van der Waals surface area contributed by atoms with E-state index in [2.05, 4.69) is 20.5 Å². The number of hydrogen-bond donors (Lipinski definition) is 2. The second-order valence-electron chi connectivity index (χ2n) is 4.76. The summed E-state index contributed by atoms with van der Waals surface area (Å²) in [6.07, 6.45) is 1.52. The van der Waals surface area contributed by atoms with Crippen molar-refractivity contribution in [3.8, 4) is 5.75 Å². The summed E-state index contributed by atoms with van der Waals surface area (Å²) in [5.41, 5.74) is 0.576. The smallest absolute Gasteiger partial charge is 0.251 e. The Morgan fingerprint density at radius 1 is 1.25 bits per heavy atom. The van der Waals surface area contributed by atoms with Crippen LogP contribution in [0, 0.1) is 0 Å². The van der Waals surface area contributed by atoms with E-state index in [0.29, 0.717) is 11.4 Å². The summed E-state index contributed by atoms with van der Waals surface area (Å²) >= 11 is 0. The first-order valence-corrected chi connectivity index (χ1v) is 6.49.